The predicted molar refractivity (Wildman–Crippen MR) is 104 cm³/mol. The first-order valence-electron chi connectivity index (χ1n) is 9.68. The molecule has 0 radical (unpaired) electrons. The Morgan fingerprint density at radius 2 is 1.88 bits per heavy atom. The van der Waals surface area contributed by atoms with E-state index in [-0.39, 0.29) is 5.91 Å². The maximum atomic E-state index is 11.0. The third-order valence-corrected chi connectivity index (χ3v) is 4.54. The summed E-state index contributed by atoms with van der Waals surface area (Å²) in [6.45, 7) is 5.23. The Kier molecular flexibility index (Phi) is 8.36. The number of aromatic nitrogens is 1. The van der Waals surface area contributed by atoms with Crippen LogP contribution < -0.4 is 10.1 Å². The summed E-state index contributed by atoms with van der Waals surface area (Å²) in [5.41, 5.74) is 2.27. The lowest BCUT2D eigenvalue weighted by molar-refractivity contribution is -0.118. The van der Waals surface area contributed by atoms with Crippen LogP contribution in [0.1, 0.15) is 64.4 Å². The van der Waals surface area contributed by atoms with E-state index in [2.05, 4.69) is 23.3 Å². The zero-order valence-corrected chi connectivity index (χ0v) is 15.7. The van der Waals surface area contributed by atoms with Gasteiger partial charge in [-0.1, -0.05) is 57.6 Å². The Balaban J connectivity index is 1.79. The number of fused-ring (bicyclic) bond motifs is 1. The van der Waals surface area contributed by atoms with Crippen LogP contribution in [0.5, 0.6) is 5.75 Å². The number of H-pyrrole nitrogens is 1. The zero-order valence-electron chi connectivity index (χ0n) is 15.7. The number of carbonyl (C=O) groups excluding carboxylic acids is 1. The Hall–Kier alpha value is -1.97. The molecule has 0 spiro atoms. The molecule has 1 heterocycles. The molecule has 4 nitrogen and oxygen atoms in total. The first-order chi connectivity index (χ1) is 12.2. The normalized spacial score (nSPS) is 11.0. The van der Waals surface area contributed by atoms with Gasteiger partial charge in [-0.05, 0) is 24.5 Å². The minimum atomic E-state index is 0.0126. The molecule has 0 fully saturated rings. The molecule has 0 aliphatic rings. The number of benzene rings is 1. The van der Waals surface area contributed by atoms with Crippen LogP contribution in [0.15, 0.2) is 24.4 Å². The number of hydrogen-bond acceptors (Lipinski definition) is 2. The lowest BCUT2D eigenvalue weighted by Crippen LogP contribution is -2.22. The van der Waals surface area contributed by atoms with Crippen LogP contribution >= 0.6 is 0 Å². The number of ether oxygens (including phenoxy) is 1. The number of amides is 1. The number of nitrogens with one attached hydrogen (secondary N) is 2. The number of para-hydroxylation sites is 1. The van der Waals surface area contributed by atoms with Gasteiger partial charge in [-0.25, -0.2) is 0 Å². The third-order valence-electron chi connectivity index (χ3n) is 4.54. The van der Waals surface area contributed by atoms with Gasteiger partial charge in [0, 0.05) is 25.1 Å². The zero-order chi connectivity index (χ0) is 17.9. The summed E-state index contributed by atoms with van der Waals surface area (Å²) >= 11 is 0. The first-order valence-corrected chi connectivity index (χ1v) is 9.68. The largest absolute Gasteiger partial charge is 0.491 e. The summed E-state index contributed by atoms with van der Waals surface area (Å²) in [6.07, 6.45) is 11.9. The van der Waals surface area contributed by atoms with Crippen LogP contribution in [-0.4, -0.2) is 24.0 Å². The third kappa shape index (κ3) is 6.45. The van der Waals surface area contributed by atoms with Crippen molar-refractivity contribution in [3.63, 3.8) is 0 Å². The monoisotopic (exact) mass is 344 g/mol. The van der Waals surface area contributed by atoms with Crippen LogP contribution in [0.2, 0.25) is 0 Å². The molecule has 1 amide bonds. The van der Waals surface area contributed by atoms with Crippen LogP contribution in [0, 0.1) is 0 Å². The highest BCUT2D eigenvalue weighted by Gasteiger charge is 2.08. The van der Waals surface area contributed by atoms with Crippen molar-refractivity contribution in [3.8, 4) is 5.75 Å². The fourth-order valence-electron chi connectivity index (χ4n) is 3.13. The SMILES string of the molecule is CCCCCCCCCOc1cccc2c(CCNC(C)=O)c[nH]c12. The van der Waals surface area contributed by atoms with Crippen molar-refractivity contribution in [2.45, 2.75) is 65.2 Å². The molecule has 2 N–H and O–H groups in total. The van der Waals surface area contributed by atoms with Gasteiger partial charge in [-0.2, -0.15) is 0 Å². The van der Waals surface area contributed by atoms with E-state index in [9.17, 15) is 4.79 Å². The van der Waals surface area contributed by atoms with Gasteiger partial charge >= 0.3 is 0 Å². The number of unbranched alkanes of at least 4 members (excludes halogenated alkanes) is 6. The van der Waals surface area contributed by atoms with Gasteiger partial charge in [-0.3, -0.25) is 4.79 Å². The van der Waals surface area contributed by atoms with Gasteiger partial charge in [0.1, 0.15) is 5.75 Å². The molecule has 2 aromatic rings. The molecule has 25 heavy (non-hydrogen) atoms. The van der Waals surface area contributed by atoms with Crippen LogP contribution in [0.25, 0.3) is 10.9 Å². The summed E-state index contributed by atoms with van der Waals surface area (Å²) < 4.78 is 6.00. The number of hydrogen-bond donors (Lipinski definition) is 2. The van der Waals surface area contributed by atoms with Gasteiger partial charge in [-0.15, -0.1) is 0 Å². The topological polar surface area (TPSA) is 54.1 Å². The molecule has 0 unspecified atom stereocenters. The minimum absolute atomic E-state index is 0.0126. The average Bonchev–Trinajstić information content (AvgIpc) is 3.01. The highest BCUT2D eigenvalue weighted by Crippen LogP contribution is 2.27. The molecule has 4 heteroatoms. The summed E-state index contributed by atoms with van der Waals surface area (Å²) in [6, 6.07) is 6.17. The standard InChI is InChI=1S/C21H32N2O2/c1-3-4-5-6-7-8-9-15-25-20-12-10-11-19-18(16-23-21(19)20)13-14-22-17(2)24/h10-12,16,23H,3-9,13-15H2,1-2H3,(H,22,24). The van der Waals surface area contributed by atoms with Crippen LogP contribution in [-0.2, 0) is 11.2 Å². The van der Waals surface area contributed by atoms with Crippen LogP contribution in [0.4, 0.5) is 0 Å². The van der Waals surface area contributed by atoms with Gasteiger partial charge < -0.3 is 15.0 Å². The lowest BCUT2D eigenvalue weighted by atomic mass is 10.1. The highest BCUT2D eigenvalue weighted by atomic mass is 16.5. The molecule has 2 rings (SSSR count). The molecule has 0 saturated carbocycles. The number of carbonyl (C=O) groups is 1. The van der Waals surface area contributed by atoms with E-state index >= 15 is 0 Å². The van der Waals surface area contributed by atoms with E-state index in [1.54, 1.807) is 6.92 Å². The second-order valence-corrected chi connectivity index (χ2v) is 6.70. The Labute approximate surface area is 151 Å². The highest BCUT2D eigenvalue weighted by molar-refractivity contribution is 5.88. The van der Waals surface area contributed by atoms with Crippen molar-refractivity contribution < 1.29 is 9.53 Å². The summed E-state index contributed by atoms with van der Waals surface area (Å²) in [7, 11) is 0. The summed E-state index contributed by atoms with van der Waals surface area (Å²) in [5, 5.41) is 4.03. The Morgan fingerprint density at radius 1 is 1.12 bits per heavy atom. The summed E-state index contributed by atoms with van der Waals surface area (Å²) in [4.78, 5) is 14.3. The Morgan fingerprint density at radius 3 is 2.64 bits per heavy atom. The molecule has 0 atom stereocenters. The van der Waals surface area contributed by atoms with E-state index in [1.165, 1.54) is 49.5 Å². The molecular weight excluding hydrogens is 312 g/mol. The number of aromatic amines is 1. The van der Waals surface area contributed by atoms with Crippen LogP contribution in [0.3, 0.4) is 0 Å². The Bertz CT molecular complexity index is 648. The maximum absolute atomic E-state index is 11.0. The molecule has 1 aromatic heterocycles. The minimum Gasteiger partial charge on any atom is -0.491 e. The van der Waals surface area contributed by atoms with Crippen molar-refractivity contribution in [2.75, 3.05) is 13.2 Å². The molecule has 0 bridgehead atoms. The molecule has 0 aliphatic carbocycles. The fraction of sp³-hybridized carbons (Fsp3) is 0.571. The van der Waals surface area contributed by atoms with E-state index in [1.807, 2.05) is 18.3 Å². The van der Waals surface area contributed by atoms with Crippen molar-refractivity contribution in [1.29, 1.82) is 0 Å². The quantitative estimate of drug-likeness (QED) is 0.534. The fourth-order valence-corrected chi connectivity index (χ4v) is 3.13. The van der Waals surface area contributed by atoms with Gasteiger partial charge in [0.2, 0.25) is 5.91 Å². The second-order valence-electron chi connectivity index (χ2n) is 6.70. The van der Waals surface area contributed by atoms with Crippen molar-refractivity contribution >= 4 is 16.8 Å². The lowest BCUT2D eigenvalue weighted by Gasteiger charge is -2.08. The molecule has 138 valence electrons. The van der Waals surface area contributed by atoms with Crippen molar-refractivity contribution in [3.05, 3.63) is 30.0 Å². The first kappa shape index (κ1) is 19.4. The maximum Gasteiger partial charge on any atom is 0.216 e. The molecule has 0 aliphatic heterocycles. The van der Waals surface area contributed by atoms with Gasteiger partial charge in [0.05, 0.1) is 12.1 Å². The van der Waals surface area contributed by atoms with E-state index in [4.69, 9.17) is 4.74 Å². The predicted octanol–water partition coefficient (Wildman–Crippen LogP) is 4.98. The van der Waals surface area contributed by atoms with Crippen molar-refractivity contribution in [2.24, 2.45) is 0 Å². The molecular formula is C21H32N2O2. The van der Waals surface area contributed by atoms with Gasteiger partial charge in [0.25, 0.3) is 0 Å². The smallest absolute Gasteiger partial charge is 0.216 e. The van der Waals surface area contributed by atoms with E-state index < -0.39 is 0 Å². The van der Waals surface area contributed by atoms with Gasteiger partial charge in [0.15, 0.2) is 0 Å². The second kappa shape index (κ2) is 10.8. The average molecular weight is 344 g/mol. The molecule has 0 saturated heterocycles. The molecule has 1 aromatic carbocycles. The number of rotatable bonds is 12. The summed E-state index contributed by atoms with van der Waals surface area (Å²) in [5.74, 6) is 0.938. The van der Waals surface area contributed by atoms with Crippen molar-refractivity contribution in [1.82, 2.24) is 10.3 Å². The van der Waals surface area contributed by atoms with E-state index in [0.717, 1.165) is 30.7 Å². The van der Waals surface area contributed by atoms with E-state index in [0.29, 0.717) is 6.54 Å².